The van der Waals surface area contributed by atoms with Gasteiger partial charge in [0, 0.05) is 56.8 Å². The van der Waals surface area contributed by atoms with Gasteiger partial charge in [0.05, 0.1) is 0 Å². The van der Waals surface area contributed by atoms with E-state index in [9.17, 15) is 32.3 Å². The van der Waals surface area contributed by atoms with Gasteiger partial charge in [-0.1, -0.05) is 115 Å². The summed E-state index contributed by atoms with van der Waals surface area (Å²) in [6, 6.07) is 36.1. The van der Waals surface area contributed by atoms with Crippen molar-refractivity contribution in [2.24, 2.45) is 0 Å². The maximum atomic E-state index is 13.4. The van der Waals surface area contributed by atoms with E-state index in [1.165, 1.54) is 0 Å². The van der Waals surface area contributed by atoms with Crippen molar-refractivity contribution < 1.29 is 48.0 Å². The Hall–Kier alpha value is -5.82. The number of hydrogen-bond acceptors (Lipinski definition) is 6. The molecule has 0 aliphatic carbocycles. The van der Waals surface area contributed by atoms with E-state index in [4.69, 9.17) is 9.90 Å². The van der Waals surface area contributed by atoms with Crippen LogP contribution in [0.3, 0.4) is 0 Å². The summed E-state index contributed by atoms with van der Waals surface area (Å²) in [6.45, 7) is 1.25. The number of nitrogens with one attached hydrogen (secondary N) is 2. The van der Waals surface area contributed by atoms with Gasteiger partial charge < -0.3 is 31.2 Å². The van der Waals surface area contributed by atoms with Crippen LogP contribution in [-0.2, 0) is 32.1 Å². The van der Waals surface area contributed by atoms with Crippen molar-refractivity contribution in [3.63, 3.8) is 0 Å². The molecule has 0 unspecified atom stereocenters. The minimum Gasteiger partial charge on any atom is -0.542 e. The molecule has 290 valence electrons. The topological polar surface area (TPSA) is 163 Å². The first-order valence-corrected chi connectivity index (χ1v) is 18.1. The van der Waals surface area contributed by atoms with E-state index in [0.29, 0.717) is 44.5 Å². The van der Waals surface area contributed by atoms with Crippen LogP contribution < -0.4 is 21.5 Å². The molecule has 0 fully saturated rings. The molecule has 0 saturated carbocycles. The van der Waals surface area contributed by atoms with E-state index < -0.39 is 24.2 Å². The lowest BCUT2D eigenvalue weighted by Crippen LogP contribution is -2.67. The number of carboxylic acid groups (broad SMARTS) is 1. The average Bonchev–Trinajstić information content (AvgIpc) is 3.20. The van der Waals surface area contributed by atoms with Crippen molar-refractivity contribution in [1.29, 1.82) is 0 Å². The number of ketones is 1. The number of fused-ring (bicyclic) bond motifs is 1. The SMILES string of the molecule is O=C([O-])C(F)(F)F.[NH3+][C@@H](CCCCNC(=O)[C@@H]1Cc2ccccc2CN1C(=O)CCC(=O)c1ccccc1)C(=O)NCC(c1ccccc1)c1ccccc1. The van der Waals surface area contributed by atoms with E-state index >= 15 is 0 Å². The lowest BCUT2D eigenvalue weighted by atomic mass is 9.91. The summed E-state index contributed by atoms with van der Waals surface area (Å²) in [7, 11) is 0. The molecule has 0 radical (unpaired) electrons. The Labute approximate surface area is 317 Å². The first-order valence-electron chi connectivity index (χ1n) is 18.1. The molecule has 5 rings (SSSR count). The summed E-state index contributed by atoms with van der Waals surface area (Å²) in [6.07, 6.45) is -2.63. The summed E-state index contributed by atoms with van der Waals surface area (Å²) in [4.78, 5) is 62.8. The predicted molar refractivity (Wildman–Crippen MR) is 197 cm³/mol. The maximum Gasteiger partial charge on any atom is 0.430 e. The maximum absolute atomic E-state index is 13.4. The zero-order valence-corrected chi connectivity index (χ0v) is 30.3. The fourth-order valence-corrected chi connectivity index (χ4v) is 6.27. The van der Waals surface area contributed by atoms with Gasteiger partial charge >= 0.3 is 6.18 Å². The highest BCUT2D eigenvalue weighted by Crippen LogP contribution is 2.26. The van der Waals surface area contributed by atoms with Gasteiger partial charge in [0.2, 0.25) is 11.8 Å². The lowest BCUT2D eigenvalue weighted by Gasteiger charge is -2.36. The van der Waals surface area contributed by atoms with Gasteiger partial charge in [0.1, 0.15) is 12.0 Å². The molecule has 0 bridgehead atoms. The van der Waals surface area contributed by atoms with Crippen LogP contribution in [0.25, 0.3) is 0 Å². The third-order valence-corrected chi connectivity index (χ3v) is 9.30. The fraction of sp³-hybridized carbons (Fsp3) is 0.310. The molecule has 4 aromatic carbocycles. The number of carbonyl (C=O) groups excluding carboxylic acids is 5. The Morgan fingerprint density at radius 3 is 1.84 bits per heavy atom. The van der Waals surface area contributed by atoms with Crippen molar-refractivity contribution in [2.75, 3.05) is 13.1 Å². The van der Waals surface area contributed by atoms with Crippen LogP contribution in [0.1, 0.15) is 70.6 Å². The molecule has 13 heteroatoms. The number of alkyl halides is 3. The molecule has 10 nitrogen and oxygen atoms in total. The molecule has 1 aliphatic rings. The number of rotatable bonds is 15. The summed E-state index contributed by atoms with van der Waals surface area (Å²) in [5.74, 6) is -3.55. The molecule has 4 aromatic rings. The first-order chi connectivity index (χ1) is 26.3. The first kappa shape index (κ1) is 41.9. The van der Waals surface area contributed by atoms with Crippen molar-refractivity contribution in [3.05, 3.63) is 143 Å². The largest absolute Gasteiger partial charge is 0.542 e. The molecule has 2 atom stereocenters. The number of aliphatic carboxylic acids is 1. The second-order valence-corrected chi connectivity index (χ2v) is 13.2. The number of carboxylic acids is 1. The highest BCUT2D eigenvalue weighted by Gasteiger charge is 2.34. The monoisotopic (exact) mass is 758 g/mol. The van der Waals surface area contributed by atoms with Gasteiger partial charge in [-0.2, -0.15) is 13.2 Å². The molecular formula is C42H45F3N4O6. The third-order valence-electron chi connectivity index (χ3n) is 9.30. The minimum atomic E-state index is -5.19. The van der Waals surface area contributed by atoms with Crippen molar-refractivity contribution in [3.8, 4) is 0 Å². The zero-order chi connectivity index (χ0) is 39.8. The fourth-order valence-electron chi connectivity index (χ4n) is 6.27. The summed E-state index contributed by atoms with van der Waals surface area (Å²) in [5, 5.41) is 14.9. The molecule has 0 spiro atoms. The number of halogens is 3. The van der Waals surface area contributed by atoms with Crippen LogP contribution in [0.15, 0.2) is 115 Å². The number of benzene rings is 4. The van der Waals surface area contributed by atoms with Gasteiger partial charge in [0.25, 0.3) is 5.91 Å². The minimum absolute atomic E-state index is 0.0429. The van der Waals surface area contributed by atoms with Gasteiger partial charge in [-0.15, -0.1) is 0 Å². The second-order valence-electron chi connectivity index (χ2n) is 13.2. The molecular weight excluding hydrogens is 713 g/mol. The predicted octanol–water partition coefficient (Wildman–Crippen LogP) is 3.75. The Morgan fingerprint density at radius 1 is 0.745 bits per heavy atom. The van der Waals surface area contributed by atoms with Crippen LogP contribution in [0.5, 0.6) is 0 Å². The number of hydrogen-bond donors (Lipinski definition) is 3. The van der Waals surface area contributed by atoms with Crippen LogP contribution in [0, 0.1) is 0 Å². The molecule has 3 amide bonds. The molecule has 1 aliphatic heterocycles. The normalized spacial score (nSPS) is 14.1. The van der Waals surface area contributed by atoms with Crippen molar-refractivity contribution in [2.45, 2.75) is 69.2 Å². The Balaban J connectivity index is 0.000000876. The molecule has 55 heavy (non-hydrogen) atoms. The van der Waals surface area contributed by atoms with Crippen molar-refractivity contribution >= 4 is 29.5 Å². The van der Waals surface area contributed by atoms with E-state index in [1.807, 2.05) is 66.7 Å². The highest BCUT2D eigenvalue weighted by molar-refractivity contribution is 5.98. The van der Waals surface area contributed by atoms with Gasteiger partial charge in [-0.25, -0.2) is 0 Å². The second kappa shape index (κ2) is 20.6. The number of amides is 3. The van der Waals surface area contributed by atoms with Crippen LogP contribution in [-0.4, -0.2) is 65.7 Å². The lowest BCUT2D eigenvalue weighted by molar-refractivity contribution is -0.405. The third kappa shape index (κ3) is 12.9. The van der Waals surface area contributed by atoms with E-state index in [1.54, 1.807) is 29.2 Å². The Bertz CT molecular complexity index is 1840. The van der Waals surface area contributed by atoms with E-state index in [2.05, 4.69) is 40.6 Å². The van der Waals surface area contributed by atoms with Crippen LogP contribution in [0.2, 0.25) is 0 Å². The van der Waals surface area contributed by atoms with Crippen LogP contribution in [0.4, 0.5) is 13.2 Å². The quantitative estimate of drug-likeness (QED) is 0.124. The average molecular weight is 759 g/mol. The molecule has 5 N–H and O–H groups in total. The highest BCUT2D eigenvalue weighted by atomic mass is 19.4. The number of unbranched alkanes of at least 4 members (excludes halogenated alkanes) is 1. The molecule has 1 heterocycles. The number of Topliss-reactive ketones (excluding diaryl/α,β-unsaturated/α-hetero) is 1. The van der Waals surface area contributed by atoms with Crippen molar-refractivity contribution in [1.82, 2.24) is 15.5 Å². The molecule has 0 saturated heterocycles. The Morgan fingerprint density at radius 2 is 1.27 bits per heavy atom. The standard InChI is InChI=1S/C40H44N4O4.C2HF3O2/c41-35(39(47)43-27-34(29-14-4-1-5-15-29)30-16-6-2-7-17-30)22-12-13-25-42-40(48)36-26-32-20-10-11-21-33(32)28-44(36)38(46)24-23-37(45)31-18-8-3-9-19-31;3-2(4,5)1(6)7/h1-11,14-21,34-36H,12-13,22-28,41H2,(H,42,48)(H,43,47);(H,6,7)/t35-,36-;/m0./s1. The van der Waals surface area contributed by atoms with E-state index in [0.717, 1.165) is 28.7 Å². The smallest absolute Gasteiger partial charge is 0.430 e. The number of nitrogens with zero attached hydrogens (tertiary/aromatic N) is 1. The zero-order valence-electron chi connectivity index (χ0n) is 30.3. The number of quaternary nitrogens is 1. The summed E-state index contributed by atoms with van der Waals surface area (Å²) < 4.78 is 31.5. The van der Waals surface area contributed by atoms with E-state index in [-0.39, 0.29) is 42.3 Å². The number of carbonyl (C=O) groups is 5. The van der Waals surface area contributed by atoms with Gasteiger partial charge in [-0.05, 0) is 35.1 Å². The van der Waals surface area contributed by atoms with Gasteiger partial charge in [-0.3, -0.25) is 19.2 Å². The summed E-state index contributed by atoms with van der Waals surface area (Å²) >= 11 is 0. The summed E-state index contributed by atoms with van der Waals surface area (Å²) in [5.41, 5.74) is 9.03. The van der Waals surface area contributed by atoms with Gasteiger partial charge in [0.15, 0.2) is 11.8 Å². The van der Waals surface area contributed by atoms with Crippen LogP contribution >= 0.6 is 0 Å². The molecule has 0 aromatic heterocycles. The Kier molecular flexibility index (Phi) is 15.7.